The van der Waals surface area contributed by atoms with Crippen LogP contribution in [0.4, 0.5) is 0 Å². The summed E-state index contributed by atoms with van der Waals surface area (Å²) in [7, 11) is 5.04. The van der Waals surface area contributed by atoms with Crippen LogP contribution in [0.1, 0.15) is 41.4 Å². The monoisotopic (exact) mass is 534 g/mol. The predicted octanol–water partition coefficient (Wildman–Crippen LogP) is 6.04. The molecule has 0 aliphatic heterocycles. The van der Waals surface area contributed by atoms with E-state index in [0.29, 0.717) is 43.1 Å². The lowest BCUT2D eigenvalue weighted by Gasteiger charge is -2.22. The van der Waals surface area contributed by atoms with Crippen molar-refractivity contribution in [3.8, 4) is 0 Å². The predicted molar refractivity (Wildman–Crippen MR) is 151 cm³/mol. The lowest BCUT2D eigenvalue weighted by molar-refractivity contribution is 0.0584. The van der Waals surface area contributed by atoms with Crippen molar-refractivity contribution in [2.75, 3.05) is 28.4 Å². The summed E-state index contributed by atoms with van der Waals surface area (Å²) in [5.41, 5.74) is 0.575. The number of carbonyl (C=O) groups is 4. The number of methoxy groups -OCH3 is 4. The van der Waals surface area contributed by atoms with Gasteiger partial charge in [-0.15, -0.1) is 0 Å². The van der Waals surface area contributed by atoms with Gasteiger partial charge in [0.05, 0.1) is 50.7 Å². The van der Waals surface area contributed by atoms with Gasteiger partial charge in [-0.25, -0.2) is 19.2 Å². The van der Waals surface area contributed by atoms with E-state index in [1.807, 2.05) is 36.4 Å². The van der Waals surface area contributed by atoms with E-state index in [1.165, 1.54) is 40.6 Å². The molecule has 6 aromatic rings. The Bertz CT molecular complexity index is 2070. The lowest BCUT2D eigenvalue weighted by atomic mass is 9.81. The van der Waals surface area contributed by atoms with Crippen molar-refractivity contribution in [3.63, 3.8) is 0 Å². The Morgan fingerprint density at radius 3 is 1.43 bits per heavy atom. The van der Waals surface area contributed by atoms with Crippen LogP contribution >= 0.6 is 0 Å². The smallest absolute Gasteiger partial charge is 0.338 e. The van der Waals surface area contributed by atoms with Gasteiger partial charge in [-0.05, 0) is 55.2 Å². The Morgan fingerprint density at radius 2 is 0.875 bits per heavy atom. The minimum Gasteiger partial charge on any atom is -0.465 e. The van der Waals surface area contributed by atoms with E-state index >= 15 is 0 Å². The van der Waals surface area contributed by atoms with Crippen LogP contribution in [0.3, 0.4) is 0 Å². The fraction of sp³-hybridized carbons (Fsp3) is 0.125. The van der Waals surface area contributed by atoms with E-state index < -0.39 is 23.9 Å². The number of fused-ring (bicyclic) bond motifs is 5. The molecule has 8 nitrogen and oxygen atoms in total. The Morgan fingerprint density at radius 1 is 0.425 bits per heavy atom. The minimum atomic E-state index is -0.654. The van der Waals surface area contributed by atoms with Crippen LogP contribution in [0.15, 0.2) is 60.7 Å². The van der Waals surface area contributed by atoms with Gasteiger partial charge >= 0.3 is 23.9 Å². The molecule has 0 radical (unpaired) electrons. The molecule has 0 saturated heterocycles. The number of rotatable bonds is 4. The molecule has 0 unspecified atom stereocenters. The van der Waals surface area contributed by atoms with Crippen molar-refractivity contribution in [3.05, 3.63) is 82.9 Å². The van der Waals surface area contributed by atoms with Crippen molar-refractivity contribution >= 4 is 77.7 Å². The lowest BCUT2D eigenvalue weighted by Crippen LogP contribution is -2.12. The van der Waals surface area contributed by atoms with Crippen LogP contribution in [0, 0.1) is 0 Å². The molecular formula is C32H22O8. The maximum atomic E-state index is 13.3. The van der Waals surface area contributed by atoms with E-state index in [9.17, 15) is 19.2 Å². The molecule has 0 aliphatic carbocycles. The number of ether oxygens (including phenoxy) is 4. The van der Waals surface area contributed by atoms with Gasteiger partial charge in [0.15, 0.2) is 0 Å². The minimum absolute atomic E-state index is 0.140. The summed E-state index contributed by atoms with van der Waals surface area (Å²) in [5.74, 6) is -2.62. The van der Waals surface area contributed by atoms with Crippen LogP contribution in [-0.2, 0) is 18.9 Å². The second-order valence-electron chi connectivity index (χ2n) is 9.28. The first-order valence-electron chi connectivity index (χ1n) is 12.3. The molecule has 0 amide bonds. The molecular weight excluding hydrogens is 512 g/mol. The molecule has 8 heteroatoms. The van der Waals surface area contributed by atoms with Gasteiger partial charge in [0.1, 0.15) is 0 Å². The van der Waals surface area contributed by atoms with Gasteiger partial charge in [-0.1, -0.05) is 48.5 Å². The van der Waals surface area contributed by atoms with Crippen LogP contribution in [0.2, 0.25) is 0 Å². The molecule has 0 fully saturated rings. The molecule has 198 valence electrons. The summed E-state index contributed by atoms with van der Waals surface area (Å²) in [6.45, 7) is 0. The van der Waals surface area contributed by atoms with Crippen LogP contribution in [-0.4, -0.2) is 52.3 Å². The maximum Gasteiger partial charge on any atom is 0.338 e. The molecule has 0 saturated carbocycles. The third-order valence-corrected chi connectivity index (χ3v) is 7.47. The quantitative estimate of drug-likeness (QED) is 0.117. The van der Waals surface area contributed by atoms with E-state index in [-0.39, 0.29) is 22.3 Å². The summed E-state index contributed by atoms with van der Waals surface area (Å²) >= 11 is 0. The highest BCUT2D eigenvalue weighted by atomic mass is 16.5. The first-order valence-corrected chi connectivity index (χ1v) is 12.3. The van der Waals surface area contributed by atoms with Gasteiger partial charge in [-0.3, -0.25) is 0 Å². The Balaban J connectivity index is 2.07. The zero-order chi connectivity index (χ0) is 28.3. The zero-order valence-electron chi connectivity index (χ0n) is 22.0. The second-order valence-corrected chi connectivity index (χ2v) is 9.28. The summed E-state index contributed by atoms with van der Waals surface area (Å²) in [4.78, 5) is 52.6. The normalized spacial score (nSPS) is 11.4. The van der Waals surface area contributed by atoms with Gasteiger partial charge in [0.2, 0.25) is 0 Å². The number of carbonyl (C=O) groups excluding carboxylic acids is 4. The highest BCUT2D eigenvalue weighted by molar-refractivity contribution is 6.43. The maximum absolute atomic E-state index is 13.3. The molecule has 40 heavy (non-hydrogen) atoms. The third kappa shape index (κ3) is 3.32. The fourth-order valence-corrected chi connectivity index (χ4v) is 5.82. The van der Waals surface area contributed by atoms with Gasteiger partial charge in [0.25, 0.3) is 0 Å². The number of benzene rings is 6. The molecule has 0 atom stereocenters. The molecule has 0 bridgehead atoms. The van der Waals surface area contributed by atoms with Crippen LogP contribution < -0.4 is 0 Å². The van der Waals surface area contributed by atoms with Gasteiger partial charge in [-0.2, -0.15) is 0 Å². The average molecular weight is 535 g/mol. The summed E-state index contributed by atoms with van der Waals surface area (Å²) < 4.78 is 20.5. The molecule has 0 N–H and O–H groups in total. The standard InChI is InChI=1S/C32H22O8/c1-37-29(33)20-13-22(31(35)39-3)25-19-10-9-15-7-5-6-8-16(15)24(19)28-23(32(36)40-4)14-21(30(34)38-2)18-12-11-17(20)26(25)27(18)28/h5-14H,1-4H3. The van der Waals surface area contributed by atoms with Crippen molar-refractivity contribution in [1.29, 1.82) is 0 Å². The molecule has 0 heterocycles. The molecule has 0 aromatic heterocycles. The summed E-state index contributed by atoms with van der Waals surface area (Å²) in [6.07, 6.45) is 0. The third-order valence-electron chi connectivity index (χ3n) is 7.47. The van der Waals surface area contributed by atoms with Gasteiger partial charge in [0, 0.05) is 10.8 Å². The topological polar surface area (TPSA) is 105 Å². The average Bonchev–Trinajstić information content (AvgIpc) is 3.01. The largest absolute Gasteiger partial charge is 0.465 e. The van der Waals surface area contributed by atoms with E-state index in [2.05, 4.69) is 0 Å². The number of esters is 4. The molecule has 6 aromatic carbocycles. The van der Waals surface area contributed by atoms with Crippen molar-refractivity contribution in [2.24, 2.45) is 0 Å². The molecule has 0 spiro atoms. The SMILES string of the molecule is COC(=O)c1cc(C(=O)OC)c2c3ccc4ccccc4c3c3c(C(=O)OC)cc(C(=O)OC)c4ccc1c2c43. The second kappa shape index (κ2) is 9.20. The number of hydrogen-bond acceptors (Lipinski definition) is 8. The highest BCUT2D eigenvalue weighted by Crippen LogP contribution is 2.47. The zero-order valence-corrected chi connectivity index (χ0v) is 22.0. The Labute approximate surface area is 227 Å². The van der Waals surface area contributed by atoms with E-state index in [4.69, 9.17) is 18.9 Å². The summed E-state index contributed by atoms with van der Waals surface area (Å²) in [5, 5.41) is 6.12. The molecule has 6 rings (SSSR count). The van der Waals surface area contributed by atoms with Crippen molar-refractivity contribution in [1.82, 2.24) is 0 Å². The summed E-state index contributed by atoms with van der Waals surface area (Å²) in [6, 6.07) is 17.8. The van der Waals surface area contributed by atoms with Crippen LogP contribution in [0.5, 0.6) is 0 Å². The Kier molecular flexibility index (Phi) is 5.76. The van der Waals surface area contributed by atoms with Gasteiger partial charge < -0.3 is 18.9 Å². The first kappa shape index (κ1) is 25.1. The number of hydrogen-bond donors (Lipinski definition) is 0. The molecule has 0 aliphatic rings. The van der Waals surface area contributed by atoms with E-state index in [1.54, 1.807) is 12.1 Å². The fourth-order valence-electron chi connectivity index (χ4n) is 5.82. The van der Waals surface area contributed by atoms with Crippen molar-refractivity contribution < 1.29 is 38.1 Å². The highest BCUT2D eigenvalue weighted by Gasteiger charge is 2.29. The van der Waals surface area contributed by atoms with E-state index in [0.717, 1.165) is 10.8 Å². The van der Waals surface area contributed by atoms with Crippen LogP contribution in [0.25, 0.3) is 53.9 Å². The van der Waals surface area contributed by atoms with Crippen molar-refractivity contribution in [2.45, 2.75) is 0 Å². The first-order chi connectivity index (χ1) is 19.4. The Hall–Kier alpha value is -5.24.